The SMILES string of the molecule is CN(C)CCC(Oc1ccc(C(F)(F)F)cc1)c1ccc(F)cc1. The lowest BCUT2D eigenvalue weighted by atomic mass is 10.1. The van der Waals surface area contributed by atoms with E-state index in [0.29, 0.717) is 12.2 Å². The summed E-state index contributed by atoms with van der Waals surface area (Å²) in [4.78, 5) is 1.98. The second-order valence-corrected chi connectivity index (χ2v) is 5.77. The summed E-state index contributed by atoms with van der Waals surface area (Å²) in [5.41, 5.74) is 0.0552. The van der Waals surface area contributed by atoms with Gasteiger partial charge in [0.2, 0.25) is 0 Å². The first-order valence-corrected chi connectivity index (χ1v) is 7.50. The minimum atomic E-state index is -4.38. The molecule has 0 aliphatic rings. The Morgan fingerprint density at radius 1 is 0.958 bits per heavy atom. The number of benzene rings is 2. The van der Waals surface area contributed by atoms with Crippen molar-refractivity contribution in [2.75, 3.05) is 20.6 Å². The van der Waals surface area contributed by atoms with Crippen LogP contribution in [0.1, 0.15) is 23.7 Å². The average Bonchev–Trinajstić information content (AvgIpc) is 2.52. The molecule has 2 rings (SSSR count). The second kappa shape index (κ2) is 7.66. The first-order chi connectivity index (χ1) is 11.3. The molecule has 0 spiro atoms. The molecule has 0 saturated carbocycles. The molecule has 6 heteroatoms. The zero-order valence-electron chi connectivity index (χ0n) is 13.5. The fourth-order valence-electron chi connectivity index (χ4n) is 2.23. The molecule has 0 bridgehead atoms. The van der Waals surface area contributed by atoms with Crippen molar-refractivity contribution in [3.8, 4) is 5.75 Å². The van der Waals surface area contributed by atoms with Gasteiger partial charge in [0, 0.05) is 13.0 Å². The predicted octanol–water partition coefficient (Wildman–Crippen LogP) is 4.92. The van der Waals surface area contributed by atoms with Crippen molar-refractivity contribution in [3.63, 3.8) is 0 Å². The Morgan fingerprint density at radius 2 is 1.54 bits per heavy atom. The highest BCUT2D eigenvalue weighted by molar-refractivity contribution is 5.30. The van der Waals surface area contributed by atoms with Gasteiger partial charge in [0.05, 0.1) is 5.56 Å². The van der Waals surface area contributed by atoms with Crippen LogP contribution >= 0.6 is 0 Å². The van der Waals surface area contributed by atoms with E-state index in [2.05, 4.69) is 0 Å². The molecule has 2 aromatic carbocycles. The molecule has 0 aliphatic heterocycles. The molecule has 2 aromatic rings. The summed E-state index contributed by atoms with van der Waals surface area (Å²) < 4.78 is 56.8. The normalized spacial score (nSPS) is 13.1. The lowest BCUT2D eigenvalue weighted by molar-refractivity contribution is -0.137. The van der Waals surface area contributed by atoms with Crippen LogP contribution in [0.2, 0.25) is 0 Å². The lowest BCUT2D eigenvalue weighted by Gasteiger charge is -2.22. The highest BCUT2D eigenvalue weighted by atomic mass is 19.4. The third-order valence-electron chi connectivity index (χ3n) is 3.54. The molecule has 24 heavy (non-hydrogen) atoms. The topological polar surface area (TPSA) is 12.5 Å². The van der Waals surface area contributed by atoms with E-state index < -0.39 is 11.7 Å². The number of alkyl halides is 3. The minimum absolute atomic E-state index is 0.344. The molecular weight excluding hydrogens is 322 g/mol. The van der Waals surface area contributed by atoms with Gasteiger partial charge in [0.25, 0.3) is 0 Å². The maximum Gasteiger partial charge on any atom is 0.416 e. The number of hydrogen-bond acceptors (Lipinski definition) is 2. The van der Waals surface area contributed by atoms with Crippen molar-refractivity contribution in [2.45, 2.75) is 18.7 Å². The van der Waals surface area contributed by atoms with E-state index in [1.165, 1.54) is 24.3 Å². The van der Waals surface area contributed by atoms with Crippen LogP contribution in [0.3, 0.4) is 0 Å². The maximum atomic E-state index is 13.1. The largest absolute Gasteiger partial charge is 0.486 e. The van der Waals surface area contributed by atoms with Gasteiger partial charge in [0.1, 0.15) is 17.7 Å². The quantitative estimate of drug-likeness (QED) is 0.692. The molecule has 0 aliphatic carbocycles. The van der Waals surface area contributed by atoms with Crippen LogP contribution in [0.15, 0.2) is 48.5 Å². The van der Waals surface area contributed by atoms with Gasteiger partial charge >= 0.3 is 6.18 Å². The van der Waals surface area contributed by atoms with Crippen LogP contribution in [0.25, 0.3) is 0 Å². The number of nitrogens with zero attached hydrogens (tertiary/aromatic N) is 1. The van der Waals surface area contributed by atoms with Gasteiger partial charge in [0.15, 0.2) is 0 Å². The Balaban J connectivity index is 2.16. The summed E-state index contributed by atoms with van der Waals surface area (Å²) in [5, 5.41) is 0. The van der Waals surface area contributed by atoms with E-state index in [1.54, 1.807) is 12.1 Å². The highest BCUT2D eigenvalue weighted by Gasteiger charge is 2.30. The summed E-state index contributed by atoms with van der Waals surface area (Å²) in [7, 11) is 3.83. The molecule has 1 unspecified atom stereocenters. The molecule has 0 fully saturated rings. The van der Waals surface area contributed by atoms with Gasteiger partial charge in [-0.3, -0.25) is 0 Å². The highest BCUT2D eigenvalue weighted by Crippen LogP contribution is 2.32. The van der Waals surface area contributed by atoms with E-state index in [-0.39, 0.29) is 11.9 Å². The number of ether oxygens (including phenoxy) is 1. The van der Waals surface area contributed by atoms with Gasteiger partial charge in [-0.25, -0.2) is 4.39 Å². The Bertz CT molecular complexity index is 636. The van der Waals surface area contributed by atoms with E-state index in [1.807, 2.05) is 19.0 Å². The van der Waals surface area contributed by atoms with Crippen molar-refractivity contribution in [1.29, 1.82) is 0 Å². The van der Waals surface area contributed by atoms with Crippen molar-refractivity contribution in [2.24, 2.45) is 0 Å². The van der Waals surface area contributed by atoms with Crippen molar-refractivity contribution in [3.05, 3.63) is 65.5 Å². The van der Waals surface area contributed by atoms with E-state index >= 15 is 0 Å². The molecule has 2 nitrogen and oxygen atoms in total. The molecule has 0 heterocycles. The van der Waals surface area contributed by atoms with Crippen LogP contribution in [0, 0.1) is 5.82 Å². The van der Waals surface area contributed by atoms with Gasteiger partial charge in [-0.1, -0.05) is 12.1 Å². The third kappa shape index (κ3) is 5.23. The van der Waals surface area contributed by atoms with Crippen LogP contribution in [-0.2, 0) is 6.18 Å². The lowest BCUT2D eigenvalue weighted by Crippen LogP contribution is -2.19. The summed E-state index contributed by atoms with van der Waals surface area (Å²) in [6, 6.07) is 10.5. The van der Waals surface area contributed by atoms with Crippen LogP contribution < -0.4 is 4.74 Å². The Morgan fingerprint density at radius 3 is 2.04 bits per heavy atom. The zero-order chi connectivity index (χ0) is 17.7. The van der Waals surface area contributed by atoms with Crippen molar-refractivity contribution < 1.29 is 22.3 Å². The smallest absolute Gasteiger partial charge is 0.416 e. The molecule has 1 atom stereocenters. The number of rotatable bonds is 6. The summed E-state index contributed by atoms with van der Waals surface area (Å²) in [5.74, 6) is -0.00396. The number of hydrogen-bond donors (Lipinski definition) is 0. The van der Waals surface area contributed by atoms with Gasteiger partial charge in [-0.15, -0.1) is 0 Å². The van der Waals surface area contributed by atoms with E-state index in [0.717, 1.165) is 24.2 Å². The predicted molar refractivity (Wildman–Crippen MR) is 84.4 cm³/mol. The Hall–Kier alpha value is -2.08. The Labute approximate surface area is 138 Å². The number of halogens is 4. The van der Waals surface area contributed by atoms with E-state index in [4.69, 9.17) is 4.74 Å². The van der Waals surface area contributed by atoms with E-state index in [9.17, 15) is 17.6 Å². The third-order valence-corrected chi connectivity index (χ3v) is 3.54. The van der Waals surface area contributed by atoms with Gasteiger partial charge in [-0.2, -0.15) is 13.2 Å². The second-order valence-electron chi connectivity index (χ2n) is 5.77. The molecular formula is C18H19F4NO. The molecule has 0 saturated heterocycles. The molecule has 130 valence electrons. The van der Waals surface area contributed by atoms with Crippen LogP contribution in [0.5, 0.6) is 5.75 Å². The first-order valence-electron chi connectivity index (χ1n) is 7.50. The van der Waals surface area contributed by atoms with Crippen molar-refractivity contribution >= 4 is 0 Å². The molecule has 0 radical (unpaired) electrons. The summed E-state index contributed by atoms with van der Waals surface area (Å²) >= 11 is 0. The van der Waals surface area contributed by atoms with Gasteiger partial charge < -0.3 is 9.64 Å². The fourth-order valence-corrected chi connectivity index (χ4v) is 2.23. The van der Waals surface area contributed by atoms with Crippen LogP contribution in [0.4, 0.5) is 17.6 Å². The first kappa shape index (κ1) is 18.3. The molecule has 0 N–H and O–H groups in total. The van der Waals surface area contributed by atoms with Gasteiger partial charge in [-0.05, 0) is 56.1 Å². The minimum Gasteiger partial charge on any atom is -0.486 e. The maximum absolute atomic E-state index is 13.1. The standard InChI is InChI=1S/C18H19F4NO/c1-23(2)12-11-17(13-3-7-15(19)8-4-13)24-16-9-5-14(6-10-16)18(20,21)22/h3-10,17H,11-12H2,1-2H3. The molecule has 0 aromatic heterocycles. The summed E-state index contributed by atoms with van der Waals surface area (Å²) in [6.07, 6.45) is -4.12. The average molecular weight is 341 g/mol. The monoisotopic (exact) mass is 341 g/mol. The fraction of sp³-hybridized carbons (Fsp3) is 0.333. The van der Waals surface area contributed by atoms with Crippen molar-refractivity contribution in [1.82, 2.24) is 4.90 Å². The zero-order valence-corrected chi connectivity index (χ0v) is 13.5. The molecule has 0 amide bonds. The van der Waals surface area contributed by atoms with Crippen LogP contribution in [-0.4, -0.2) is 25.5 Å². The Kier molecular flexibility index (Phi) is 5.83. The summed E-state index contributed by atoms with van der Waals surface area (Å²) in [6.45, 7) is 0.725.